The Labute approximate surface area is 133 Å². The molecule has 0 N–H and O–H groups in total. The lowest BCUT2D eigenvalue weighted by Crippen LogP contribution is -2.29. The number of rotatable bonds is 1. The normalized spacial score (nSPS) is 15.5. The van der Waals surface area contributed by atoms with Crippen molar-refractivity contribution in [3.63, 3.8) is 0 Å². The van der Waals surface area contributed by atoms with Gasteiger partial charge in [-0.1, -0.05) is 18.2 Å². The predicted molar refractivity (Wildman–Crippen MR) is 92.7 cm³/mol. The lowest BCUT2D eigenvalue weighted by molar-refractivity contribution is -0.642. The van der Waals surface area contributed by atoms with Crippen molar-refractivity contribution in [3.8, 4) is 0 Å². The number of allylic oxidation sites excluding steroid dienone is 2. The minimum atomic E-state index is 1.07. The summed E-state index contributed by atoms with van der Waals surface area (Å²) in [4.78, 5) is 7.68. The van der Waals surface area contributed by atoms with Crippen molar-refractivity contribution in [2.45, 2.75) is 0 Å². The zero-order chi connectivity index (χ0) is 15.1. The molecular weight excluding hydrogens is 290 g/mol. The second-order valence-electron chi connectivity index (χ2n) is 5.37. The van der Waals surface area contributed by atoms with Gasteiger partial charge in [0.1, 0.15) is 7.05 Å². The van der Waals surface area contributed by atoms with E-state index < -0.39 is 0 Å². The Balaban J connectivity index is 1.89. The van der Waals surface area contributed by atoms with Crippen LogP contribution in [0.15, 0.2) is 54.9 Å². The Hall–Kier alpha value is -2.46. The molecule has 0 bridgehead atoms. The summed E-state index contributed by atoms with van der Waals surface area (Å²) < 4.78 is 2.20. The maximum atomic E-state index is 4.45. The molecule has 0 atom stereocenters. The number of benzene rings is 1. The van der Waals surface area contributed by atoms with Crippen LogP contribution in [-0.2, 0) is 7.05 Å². The minimum Gasteiger partial charge on any atom is -0.351 e. The number of para-hydroxylation sites is 1. The fraction of sp³-hybridized carbons (Fsp3) is 0.111. The molecular formula is C18H16N3S+. The van der Waals surface area contributed by atoms with Crippen LogP contribution in [0.25, 0.3) is 22.0 Å². The Morgan fingerprint density at radius 2 is 2.05 bits per heavy atom. The van der Waals surface area contributed by atoms with Crippen LogP contribution in [0.1, 0.15) is 10.6 Å². The third kappa shape index (κ3) is 2.04. The molecule has 0 saturated carbocycles. The second kappa shape index (κ2) is 5.07. The van der Waals surface area contributed by atoms with Gasteiger partial charge in [0.2, 0.25) is 5.52 Å². The molecule has 1 aliphatic rings. The summed E-state index contributed by atoms with van der Waals surface area (Å²) in [6, 6.07) is 12.6. The Morgan fingerprint density at radius 3 is 2.91 bits per heavy atom. The van der Waals surface area contributed by atoms with Crippen LogP contribution in [0.5, 0.6) is 0 Å². The highest BCUT2D eigenvalue weighted by molar-refractivity contribution is 7.18. The standard InChI is InChI=1S/C18H16N3S/c1-20-11-9-13(14-6-3-4-7-15(14)20)12-17-21(2)16-8-5-10-19-18(16)22-17/h3-12H,1-2H3/q+1. The number of aryl methyl sites for hydroxylation is 1. The first-order chi connectivity index (χ1) is 10.7. The van der Waals surface area contributed by atoms with E-state index in [4.69, 9.17) is 0 Å². The fourth-order valence-corrected chi connectivity index (χ4v) is 3.82. The number of aromatic nitrogens is 2. The molecule has 4 rings (SSSR count). The maximum Gasteiger partial charge on any atom is 0.264 e. The van der Waals surface area contributed by atoms with Crippen molar-refractivity contribution in [2.24, 2.45) is 7.05 Å². The van der Waals surface area contributed by atoms with Crippen molar-refractivity contribution in [3.05, 3.63) is 65.4 Å². The number of fused-ring (bicyclic) bond motifs is 2. The summed E-state index contributed by atoms with van der Waals surface area (Å²) in [6.07, 6.45) is 8.37. The second-order valence-corrected chi connectivity index (χ2v) is 6.38. The molecule has 4 heteroatoms. The summed E-state index contributed by atoms with van der Waals surface area (Å²) in [5, 5.41) is 1.20. The Bertz CT molecular complexity index is 921. The molecule has 0 fully saturated rings. The predicted octanol–water partition coefficient (Wildman–Crippen LogP) is 3.62. The zero-order valence-electron chi connectivity index (χ0n) is 12.5. The molecule has 3 heterocycles. The van der Waals surface area contributed by atoms with Crippen LogP contribution in [-0.4, -0.2) is 12.0 Å². The van der Waals surface area contributed by atoms with Crippen LogP contribution in [0.3, 0.4) is 0 Å². The fourth-order valence-electron chi connectivity index (χ4n) is 2.78. The van der Waals surface area contributed by atoms with E-state index in [1.807, 2.05) is 12.3 Å². The van der Waals surface area contributed by atoms with Gasteiger partial charge in [0.25, 0.3) is 5.01 Å². The van der Waals surface area contributed by atoms with Crippen molar-refractivity contribution >= 4 is 39.0 Å². The number of thiazole rings is 1. The number of pyridine rings is 1. The van der Waals surface area contributed by atoms with E-state index in [2.05, 4.69) is 77.2 Å². The summed E-state index contributed by atoms with van der Waals surface area (Å²) in [5.74, 6) is 0. The third-order valence-corrected chi connectivity index (χ3v) is 5.10. The summed E-state index contributed by atoms with van der Waals surface area (Å²) >= 11 is 1.72. The molecule has 22 heavy (non-hydrogen) atoms. The van der Waals surface area contributed by atoms with Gasteiger partial charge in [-0.05, 0) is 35.1 Å². The minimum absolute atomic E-state index is 1.07. The van der Waals surface area contributed by atoms with E-state index in [0.29, 0.717) is 0 Å². The molecule has 0 aliphatic carbocycles. The molecule has 0 radical (unpaired) electrons. The average molecular weight is 306 g/mol. The van der Waals surface area contributed by atoms with E-state index >= 15 is 0 Å². The van der Waals surface area contributed by atoms with E-state index in [1.54, 1.807) is 11.3 Å². The monoisotopic (exact) mass is 306 g/mol. The maximum absolute atomic E-state index is 4.45. The lowest BCUT2D eigenvalue weighted by atomic mass is 10.00. The van der Waals surface area contributed by atoms with E-state index in [9.17, 15) is 0 Å². The highest BCUT2D eigenvalue weighted by Crippen LogP contribution is 2.33. The van der Waals surface area contributed by atoms with Gasteiger partial charge in [-0.2, -0.15) is 4.57 Å². The van der Waals surface area contributed by atoms with Gasteiger partial charge in [-0.25, -0.2) is 4.98 Å². The van der Waals surface area contributed by atoms with Crippen molar-refractivity contribution in [2.75, 3.05) is 11.9 Å². The molecule has 2 aromatic heterocycles. The largest absolute Gasteiger partial charge is 0.351 e. The van der Waals surface area contributed by atoms with Gasteiger partial charge < -0.3 is 4.90 Å². The smallest absolute Gasteiger partial charge is 0.264 e. The average Bonchev–Trinajstić information content (AvgIpc) is 2.87. The van der Waals surface area contributed by atoms with Crippen LogP contribution >= 0.6 is 11.3 Å². The number of nitrogens with zero attached hydrogens (tertiary/aromatic N) is 3. The van der Waals surface area contributed by atoms with Crippen molar-refractivity contribution in [1.82, 2.24) is 4.98 Å². The van der Waals surface area contributed by atoms with Gasteiger partial charge in [-0.3, -0.25) is 0 Å². The molecule has 108 valence electrons. The Kier molecular flexibility index (Phi) is 3.05. The molecule has 1 aromatic carbocycles. The van der Waals surface area contributed by atoms with Crippen molar-refractivity contribution in [1.29, 1.82) is 0 Å². The SMILES string of the molecule is CN1C=C/C(=C\c2sc3ncccc3[n+]2C)c2ccccc21. The zero-order valence-corrected chi connectivity index (χ0v) is 13.3. The van der Waals surface area contributed by atoms with E-state index in [0.717, 1.165) is 4.83 Å². The van der Waals surface area contributed by atoms with Crippen LogP contribution in [0, 0.1) is 0 Å². The molecule has 3 nitrogen and oxygen atoms in total. The lowest BCUT2D eigenvalue weighted by Gasteiger charge is -2.23. The van der Waals surface area contributed by atoms with Gasteiger partial charge in [-0.15, -0.1) is 0 Å². The van der Waals surface area contributed by atoms with Gasteiger partial charge in [0.15, 0.2) is 4.83 Å². The Morgan fingerprint density at radius 1 is 1.18 bits per heavy atom. The first-order valence-corrected chi connectivity index (χ1v) is 8.01. The topological polar surface area (TPSA) is 20.0 Å². The number of anilines is 1. The number of hydrogen-bond donors (Lipinski definition) is 0. The first-order valence-electron chi connectivity index (χ1n) is 7.20. The highest BCUT2D eigenvalue weighted by atomic mass is 32.1. The van der Waals surface area contributed by atoms with Crippen LogP contribution in [0.4, 0.5) is 5.69 Å². The van der Waals surface area contributed by atoms with Crippen molar-refractivity contribution < 1.29 is 4.57 Å². The molecule has 0 spiro atoms. The summed E-state index contributed by atoms with van der Waals surface area (Å²) in [7, 11) is 4.17. The van der Waals surface area contributed by atoms with Crippen LogP contribution < -0.4 is 9.47 Å². The van der Waals surface area contributed by atoms with E-state index in [1.165, 1.54) is 27.3 Å². The van der Waals surface area contributed by atoms with Gasteiger partial charge >= 0.3 is 0 Å². The highest BCUT2D eigenvalue weighted by Gasteiger charge is 2.18. The van der Waals surface area contributed by atoms with Crippen LogP contribution in [0.2, 0.25) is 0 Å². The molecule has 0 unspecified atom stereocenters. The number of hydrogen-bond acceptors (Lipinski definition) is 3. The molecule has 1 aliphatic heterocycles. The quantitative estimate of drug-likeness (QED) is 0.640. The molecule has 0 amide bonds. The molecule has 3 aromatic rings. The first kappa shape index (κ1) is 13.2. The van der Waals surface area contributed by atoms with Gasteiger partial charge in [0.05, 0.1) is 0 Å². The van der Waals surface area contributed by atoms with Gasteiger partial charge in [0, 0.05) is 42.8 Å². The van der Waals surface area contributed by atoms with E-state index in [-0.39, 0.29) is 0 Å². The molecule has 0 saturated heterocycles. The third-order valence-electron chi connectivity index (χ3n) is 4.00. The summed E-state index contributed by atoms with van der Waals surface area (Å²) in [5.41, 5.74) is 4.90. The summed E-state index contributed by atoms with van der Waals surface area (Å²) in [6.45, 7) is 0.